The second kappa shape index (κ2) is 5.48. The van der Waals surface area contributed by atoms with E-state index in [-0.39, 0.29) is 34.5 Å². The number of benzene rings is 1. The third kappa shape index (κ3) is 3.69. The van der Waals surface area contributed by atoms with Crippen LogP contribution in [-0.2, 0) is 10.0 Å². The molecule has 1 aromatic carbocycles. The van der Waals surface area contributed by atoms with E-state index >= 15 is 0 Å². The minimum Gasteiger partial charge on any atom is -0.480 e. The van der Waals surface area contributed by atoms with Crippen molar-refractivity contribution >= 4 is 26.2 Å². The molecule has 0 atom stereocenters. The second-order valence-corrected chi connectivity index (χ2v) is 4.79. The maximum Gasteiger partial charge on any atom is 1.00 e. The molecule has 1 aromatic rings. The van der Waals surface area contributed by atoms with E-state index in [1.165, 1.54) is 12.1 Å². The monoisotopic (exact) mass is 271 g/mol. The van der Waals surface area contributed by atoms with Crippen LogP contribution >= 0.6 is 16.1 Å². The molecule has 0 unspecified atom stereocenters. The van der Waals surface area contributed by atoms with Gasteiger partial charge in [-0.3, -0.25) is 0 Å². The van der Waals surface area contributed by atoms with Gasteiger partial charge in [-0.1, -0.05) is 17.7 Å². The maximum atomic E-state index is 11.1. The summed E-state index contributed by atoms with van der Waals surface area (Å²) in [7, 11) is -3.47. The van der Waals surface area contributed by atoms with Crippen molar-refractivity contribution in [1.82, 2.24) is 0 Å². The van der Waals surface area contributed by atoms with Crippen molar-refractivity contribution in [3.63, 3.8) is 0 Å². The molecule has 0 aliphatic rings. The van der Waals surface area contributed by atoms with Crippen LogP contribution < -0.4 is 29.6 Å². The van der Waals surface area contributed by atoms with Crippen LogP contribution in [0.2, 0.25) is 0 Å². The van der Waals surface area contributed by atoms with Crippen LogP contribution in [0.5, 0.6) is 0 Å². The van der Waals surface area contributed by atoms with Gasteiger partial charge >= 0.3 is 29.6 Å². The first kappa shape index (κ1) is 13.6. The fourth-order valence-corrected chi connectivity index (χ4v) is 1.81. The Bertz CT molecular complexity index is 363. The molecular formula is C7H7BrNNaO2S. The molecule has 0 N–H and O–H groups in total. The van der Waals surface area contributed by atoms with Gasteiger partial charge in [-0.2, -0.15) is 0 Å². The van der Waals surface area contributed by atoms with Crippen molar-refractivity contribution in [2.24, 2.45) is 0 Å². The first-order valence-corrected chi connectivity index (χ1v) is 5.36. The smallest absolute Gasteiger partial charge is 0.480 e. The zero-order valence-corrected chi connectivity index (χ0v) is 11.8. The normalized spacial score (nSPS) is 10.6. The van der Waals surface area contributed by atoms with Gasteiger partial charge in [0.1, 0.15) is 10.0 Å². The van der Waals surface area contributed by atoms with Crippen molar-refractivity contribution in [3.05, 3.63) is 33.6 Å². The fourth-order valence-electron chi connectivity index (χ4n) is 0.750. The molecule has 0 bridgehead atoms. The Morgan fingerprint density at radius 3 is 2.08 bits per heavy atom. The van der Waals surface area contributed by atoms with E-state index in [0.29, 0.717) is 0 Å². The third-order valence-electron chi connectivity index (χ3n) is 1.41. The Balaban J connectivity index is 0.00000144. The summed E-state index contributed by atoms with van der Waals surface area (Å²) in [5, 5.41) is 0. The molecule has 0 fully saturated rings. The minimum absolute atomic E-state index is 0. The van der Waals surface area contributed by atoms with E-state index in [9.17, 15) is 8.42 Å². The minimum atomic E-state index is -3.47. The molecule has 66 valence electrons. The molecule has 3 nitrogen and oxygen atoms in total. The van der Waals surface area contributed by atoms with Crippen molar-refractivity contribution in [2.75, 3.05) is 0 Å². The molecule has 0 aromatic heterocycles. The van der Waals surface area contributed by atoms with E-state index in [1.807, 2.05) is 6.92 Å². The van der Waals surface area contributed by atoms with Gasteiger partial charge in [0.25, 0.3) is 0 Å². The van der Waals surface area contributed by atoms with Crippen LogP contribution in [0.3, 0.4) is 0 Å². The SMILES string of the molecule is Cc1ccc(S(=O)(=O)[N-]Br)cc1.[Na+]. The van der Waals surface area contributed by atoms with Crippen LogP contribution in [0.25, 0.3) is 3.75 Å². The average Bonchev–Trinajstić information content (AvgIpc) is 2.05. The van der Waals surface area contributed by atoms with Gasteiger partial charge in [-0.25, -0.2) is 24.6 Å². The summed E-state index contributed by atoms with van der Waals surface area (Å²) < 4.78 is 25.3. The zero-order chi connectivity index (χ0) is 9.19. The van der Waals surface area contributed by atoms with Crippen LogP contribution in [0, 0.1) is 6.92 Å². The summed E-state index contributed by atoms with van der Waals surface area (Å²) in [5.74, 6) is 0. The van der Waals surface area contributed by atoms with E-state index in [2.05, 4.69) is 19.9 Å². The molecule has 13 heavy (non-hydrogen) atoms. The van der Waals surface area contributed by atoms with E-state index in [1.54, 1.807) is 12.1 Å². The van der Waals surface area contributed by atoms with Gasteiger partial charge < -0.3 is 3.75 Å². The number of halogens is 1. The van der Waals surface area contributed by atoms with Gasteiger partial charge in [-0.15, -0.1) is 0 Å². The van der Waals surface area contributed by atoms with Crippen LogP contribution in [-0.4, -0.2) is 8.42 Å². The van der Waals surface area contributed by atoms with Crippen LogP contribution in [0.15, 0.2) is 29.2 Å². The molecule has 0 saturated carbocycles. The Morgan fingerprint density at radius 1 is 1.23 bits per heavy atom. The van der Waals surface area contributed by atoms with Gasteiger partial charge in [-0.05, 0) is 19.1 Å². The van der Waals surface area contributed by atoms with Gasteiger partial charge in [0.15, 0.2) is 0 Å². The maximum absolute atomic E-state index is 11.1. The largest absolute Gasteiger partial charge is 1.00 e. The van der Waals surface area contributed by atoms with Crippen LogP contribution in [0.1, 0.15) is 5.56 Å². The zero-order valence-electron chi connectivity index (χ0n) is 7.36. The molecule has 0 aliphatic heterocycles. The molecule has 6 heteroatoms. The Labute approximate surface area is 109 Å². The van der Waals surface area contributed by atoms with Crippen molar-refractivity contribution in [2.45, 2.75) is 11.8 Å². The Morgan fingerprint density at radius 2 is 1.69 bits per heavy atom. The first-order valence-electron chi connectivity index (χ1n) is 3.21. The number of aryl methyl sites for hydroxylation is 1. The summed E-state index contributed by atoms with van der Waals surface area (Å²) in [4.78, 5) is 0.199. The quantitative estimate of drug-likeness (QED) is 0.673. The van der Waals surface area contributed by atoms with E-state index in [4.69, 9.17) is 0 Å². The summed E-state index contributed by atoms with van der Waals surface area (Å²) in [5.41, 5.74) is 1.02. The van der Waals surface area contributed by atoms with Gasteiger partial charge in [0.2, 0.25) is 0 Å². The average molecular weight is 272 g/mol. The molecular weight excluding hydrogens is 265 g/mol. The predicted molar refractivity (Wildman–Crippen MR) is 50.7 cm³/mol. The summed E-state index contributed by atoms with van der Waals surface area (Å²) in [6.45, 7) is 1.89. The third-order valence-corrected chi connectivity index (χ3v) is 3.60. The Kier molecular flexibility index (Phi) is 5.74. The summed E-state index contributed by atoms with van der Waals surface area (Å²) in [6.07, 6.45) is 0. The molecule has 0 aliphatic carbocycles. The van der Waals surface area contributed by atoms with Crippen molar-refractivity contribution in [1.29, 1.82) is 0 Å². The van der Waals surface area contributed by atoms with Gasteiger partial charge in [0.05, 0.1) is 0 Å². The van der Waals surface area contributed by atoms with Crippen molar-refractivity contribution < 1.29 is 38.0 Å². The fraction of sp³-hybridized carbons (Fsp3) is 0.143. The molecule has 1 rings (SSSR count). The van der Waals surface area contributed by atoms with Crippen LogP contribution in [0.4, 0.5) is 0 Å². The topological polar surface area (TPSA) is 48.2 Å². The number of nitrogens with zero attached hydrogens (tertiary/aromatic N) is 1. The first-order chi connectivity index (χ1) is 5.56. The Hall–Kier alpha value is 0.610. The van der Waals surface area contributed by atoms with E-state index < -0.39 is 10.0 Å². The molecule has 0 saturated heterocycles. The summed E-state index contributed by atoms with van der Waals surface area (Å²) >= 11 is 2.56. The van der Waals surface area contributed by atoms with Gasteiger partial charge in [0, 0.05) is 4.90 Å². The molecule has 0 amide bonds. The number of hydrogen-bond donors (Lipinski definition) is 0. The van der Waals surface area contributed by atoms with Crippen molar-refractivity contribution in [3.8, 4) is 0 Å². The van der Waals surface area contributed by atoms with E-state index in [0.717, 1.165) is 5.56 Å². The molecule has 0 radical (unpaired) electrons. The standard InChI is InChI=1S/C7H7BrNO2S.Na/c1-6-2-4-7(5-3-6)12(10,11)9-8;/h2-5H,1H3;/q-1;+1. The number of sulfonamides is 1. The predicted octanol–water partition coefficient (Wildman–Crippen LogP) is -0.629. The second-order valence-electron chi connectivity index (χ2n) is 2.36. The number of hydrogen-bond acceptors (Lipinski definition) is 2. The number of rotatable bonds is 2. The summed E-state index contributed by atoms with van der Waals surface area (Å²) in [6, 6.07) is 6.50. The molecule has 0 heterocycles. The molecule has 0 spiro atoms.